The molecule has 24 heavy (non-hydrogen) atoms. The molecule has 1 aromatic carbocycles. The highest BCUT2D eigenvalue weighted by Gasteiger charge is 2.33. The van der Waals surface area contributed by atoms with Crippen LogP contribution in [0.5, 0.6) is 0 Å². The predicted octanol–water partition coefficient (Wildman–Crippen LogP) is 1.55. The van der Waals surface area contributed by atoms with E-state index in [1.165, 1.54) is 17.9 Å². The van der Waals surface area contributed by atoms with Crippen molar-refractivity contribution < 1.29 is 28.2 Å². The zero-order valence-electron chi connectivity index (χ0n) is 13.4. The molecule has 0 unspecified atom stereocenters. The van der Waals surface area contributed by atoms with Crippen LogP contribution < -0.4 is 9.80 Å². The van der Waals surface area contributed by atoms with E-state index >= 15 is 0 Å². The first-order chi connectivity index (χ1) is 11.5. The quantitative estimate of drug-likeness (QED) is 0.776. The number of halogens is 1. The second kappa shape index (κ2) is 7.04. The average molecular weight is 338 g/mol. The van der Waals surface area contributed by atoms with Gasteiger partial charge in [0.25, 0.3) is 0 Å². The summed E-state index contributed by atoms with van der Waals surface area (Å²) in [6.45, 7) is 3.89. The van der Waals surface area contributed by atoms with Gasteiger partial charge in [0.05, 0.1) is 31.1 Å². The van der Waals surface area contributed by atoms with E-state index in [1.54, 1.807) is 12.1 Å². The number of hydrogen-bond acceptors (Lipinski definition) is 6. The number of esters is 1. The van der Waals surface area contributed by atoms with E-state index in [9.17, 15) is 14.0 Å². The molecule has 1 atom stereocenters. The summed E-state index contributed by atoms with van der Waals surface area (Å²) in [6, 6.07) is 4.66. The summed E-state index contributed by atoms with van der Waals surface area (Å²) in [5, 5.41) is 0. The fraction of sp³-hybridized carbons (Fsp3) is 0.500. The van der Waals surface area contributed by atoms with Crippen LogP contribution in [0.25, 0.3) is 0 Å². The van der Waals surface area contributed by atoms with Gasteiger partial charge in [0, 0.05) is 20.0 Å². The Labute approximate surface area is 138 Å². The molecule has 2 heterocycles. The van der Waals surface area contributed by atoms with Gasteiger partial charge in [-0.1, -0.05) is 0 Å². The minimum atomic E-state index is -0.578. The molecule has 7 nitrogen and oxygen atoms in total. The van der Waals surface area contributed by atoms with E-state index < -0.39 is 24.0 Å². The predicted molar refractivity (Wildman–Crippen MR) is 83.7 cm³/mol. The van der Waals surface area contributed by atoms with Crippen LogP contribution in [0.4, 0.5) is 20.6 Å². The van der Waals surface area contributed by atoms with Crippen LogP contribution in [0.15, 0.2) is 18.2 Å². The molecular formula is C16H19FN2O5. The molecule has 0 aliphatic carbocycles. The van der Waals surface area contributed by atoms with E-state index in [2.05, 4.69) is 0 Å². The number of anilines is 2. The summed E-state index contributed by atoms with van der Waals surface area (Å²) in [4.78, 5) is 26.0. The third-order valence-electron chi connectivity index (χ3n) is 3.94. The zero-order chi connectivity index (χ0) is 17.1. The lowest BCUT2D eigenvalue weighted by atomic mass is 10.2. The maximum atomic E-state index is 14.4. The highest BCUT2D eigenvalue weighted by Crippen LogP contribution is 2.28. The molecule has 2 saturated heterocycles. The van der Waals surface area contributed by atoms with Crippen molar-refractivity contribution in [2.45, 2.75) is 13.0 Å². The van der Waals surface area contributed by atoms with E-state index in [0.29, 0.717) is 37.7 Å². The van der Waals surface area contributed by atoms with Gasteiger partial charge in [-0.25, -0.2) is 9.18 Å². The van der Waals surface area contributed by atoms with E-state index in [4.69, 9.17) is 14.2 Å². The number of rotatable bonds is 4. The number of benzene rings is 1. The molecular weight excluding hydrogens is 319 g/mol. The van der Waals surface area contributed by atoms with Crippen LogP contribution in [-0.4, -0.2) is 57.6 Å². The number of carbonyl (C=O) groups is 2. The molecule has 0 radical (unpaired) electrons. The Hall–Kier alpha value is -2.35. The molecule has 3 rings (SSSR count). The molecule has 130 valence electrons. The summed E-state index contributed by atoms with van der Waals surface area (Å²) in [6.07, 6.45) is -1.13. The highest BCUT2D eigenvalue weighted by molar-refractivity contribution is 5.90. The lowest BCUT2D eigenvalue weighted by molar-refractivity contribution is -0.143. The van der Waals surface area contributed by atoms with Gasteiger partial charge in [-0.05, 0) is 18.2 Å². The van der Waals surface area contributed by atoms with Crippen molar-refractivity contribution in [2.24, 2.45) is 0 Å². The van der Waals surface area contributed by atoms with E-state index in [-0.39, 0.29) is 13.2 Å². The Morgan fingerprint density at radius 1 is 1.38 bits per heavy atom. The number of carbonyl (C=O) groups excluding carboxylic acids is 2. The molecule has 0 spiro atoms. The molecule has 2 aliphatic rings. The fourth-order valence-corrected chi connectivity index (χ4v) is 2.75. The lowest BCUT2D eigenvalue weighted by Crippen LogP contribution is -2.36. The van der Waals surface area contributed by atoms with Crippen molar-refractivity contribution in [3.8, 4) is 0 Å². The minimum absolute atomic E-state index is 0.00802. The van der Waals surface area contributed by atoms with E-state index in [0.717, 1.165) is 0 Å². The smallest absolute Gasteiger partial charge is 0.414 e. The normalized spacial score (nSPS) is 20.9. The molecule has 8 heteroatoms. The van der Waals surface area contributed by atoms with Gasteiger partial charge in [0.2, 0.25) is 0 Å². The molecule has 1 aromatic rings. The Bertz CT molecular complexity index is 633. The van der Waals surface area contributed by atoms with Crippen LogP contribution >= 0.6 is 0 Å². The van der Waals surface area contributed by atoms with E-state index in [1.807, 2.05) is 4.90 Å². The van der Waals surface area contributed by atoms with Crippen molar-refractivity contribution in [3.05, 3.63) is 24.0 Å². The summed E-state index contributed by atoms with van der Waals surface area (Å²) in [5.41, 5.74) is 0.908. The Morgan fingerprint density at radius 2 is 2.12 bits per heavy atom. The molecule has 0 N–H and O–H groups in total. The average Bonchev–Trinajstić information content (AvgIpc) is 2.94. The Morgan fingerprint density at radius 3 is 2.79 bits per heavy atom. The lowest BCUT2D eigenvalue weighted by Gasteiger charge is -2.29. The molecule has 2 fully saturated rings. The highest BCUT2D eigenvalue weighted by atomic mass is 19.1. The number of hydrogen-bond donors (Lipinski definition) is 0. The second-order valence-corrected chi connectivity index (χ2v) is 5.65. The Kier molecular flexibility index (Phi) is 4.84. The maximum absolute atomic E-state index is 14.4. The monoisotopic (exact) mass is 338 g/mol. The maximum Gasteiger partial charge on any atom is 0.414 e. The summed E-state index contributed by atoms with van der Waals surface area (Å²) in [7, 11) is 0. The van der Waals surface area contributed by atoms with Crippen molar-refractivity contribution >= 4 is 23.4 Å². The molecule has 0 saturated carbocycles. The summed E-state index contributed by atoms with van der Waals surface area (Å²) in [5.74, 6) is -0.837. The van der Waals surface area contributed by atoms with Crippen molar-refractivity contribution in [1.29, 1.82) is 0 Å². The van der Waals surface area contributed by atoms with Crippen molar-refractivity contribution in [1.82, 2.24) is 0 Å². The topological polar surface area (TPSA) is 68.3 Å². The standard InChI is InChI=1S/C16H19FN2O5/c1-11(20)23-10-13-9-19(16(21)24-13)12-2-3-15(14(17)8-12)18-4-6-22-7-5-18/h2-3,8,13H,4-7,9-10H2,1H3/t13-/m0/s1. The third kappa shape index (κ3) is 3.59. The summed E-state index contributed by atoms with van der Waals surface area (Å²) >= 11 is 0. The van der Waals surface area contributed by atoms with Gasteiger partial charge >= 0.3 is 12.1 Å². The number of morpholine rings is 1. The third-order valence-corrected chi connectivity index (χ3v) is 3.94. The van der Waals surface area contributed by atoms with Gasteiger partial charge in [0.1, 0.15) is 12.4 Å². The SMILES string of the molecule is CC(=O)OC[C@@H]1CN(c2ccc(N3CCOCC3)c(F)c2)C(=O)O1. The first kappa shape index (κ1) is 16.5. The molecule has 1 amide bonds. The van der Waals surface area contributed by atoms with Crippen LogP contribution in [0, 0.1) is 5.82 Å². The zero-order valence-corrected chi connectivity index (χ0v) is 13.4. The van der Waals surface area contributed by atoms with Crippen LogP contribution in [0.2, 0.25) is 0 Å². The number of nitrogens with zero attached hydrogens (tertiary/aromatic N) is 2. The first-order valence-electron chi connectivity index (χ1n) is 7.78. The van der Waals surface area contributed by atoms with Gasteiger partial charge in [0.15, 0.2) is 6.10 Å². The second-order valence-electron chi connectivity index (χ2n) is 5.65. The van der Waals surface area contributed by atoms with Gasteiger partial charge in [-0.15, -0.1) is 0 Å². The minimum Gasteiger partial charge on any atom is -0.462 e. The number of amides is 1. The van der Waals surface area contributed by atoms with Gasteiger partial charge in [-0.2, -0.15) is 0 Å². The van der Waals surface area contributed by atoms with Crippen LogP contribution in [0.3, 0.4) is 0 Å². The van der Waals surface area contributed by atoms with Crippen LogP contribution in [0.1, 0.15) is 6.92 Å². The van der Waals surface area contributed by atoms with Crippen LogP contribution in [-0.2, 0) is 19.0 Å². The molecule has 0 aromatic heterocycles. The fourth-order valence-electron chi connectivity index (χ4n) is 2.75. The largest absolute Gasteiger partial charge is 0.462 e. The molecule has 2 aliphatic heterocycles. The van der Waals surface area contributed by atoms with Gasteiger partial charge in [-0.3, -0.25) is 9.69 Å². The number of cyclic esters (lactones) is 1. The van der Waals surface area contributed by atoms with Crippen molar-refractivity contribution in [2.75, 3.05) is 49.3 Å². The first-order valence-corrected chi connectivity index (χ1v) is 7.78. The Balaban J connectivity index is 1.69. The van der Waals surface area contributed by atoms with Gasteiger partial charge < -0.3 is 19.1 Å². The number of ether oxygens (including phenoxy) is 3. The van der Waals surface area contributed by atoms with Crippen molar-refractivity contribution in [3.63, 3.8) is 0 Å². The molecule has 0 bridgehead atoms. The summed E-state index contributed by atoms with van der Waals surface area (Å²) < 4.78 is 29.7.